The molecule has 0 aliphatic carbocycles. The Morgan fingerprint density at radius 1 is 1.24 bits per heavy atom. The molecule has 0 saturated heterocycles. The van der Waals surface area contributed by atoms with E-state index in [1.165, 1.54) is 12.1 Å². The largest absolute Gasteiger partial charge is 0.383 e. The van der Waals surface area contributed by atoms with Crippen molar-refractivity contribution in [1.82, 2.24) is 4.98 Å². The summed E-state index contributed by atoms with van der Waals surface area (Å²) in [4.78, 5) is 4.20. The van der Waals surface area contributed by atoms with Gasteiger partial charge in [-0.25, -0.2) is 4.39 Å². The standard InChI is InChI=1S/C13H12ClFN2/c14-12-5-4-10(15)9-13(12)17-8-6-11-3-1-2-7-16-11/h1-5,7,9,17H,6,8H2. The van der Waals surface area contributed by atoms with Gasteiger partial charge in [-0.3, -0.25) is 4.98 Å². The second-order valence-electron chi connectivity index (χ2n) is 3.62. The molecule has 88 valence electrons. The van der Waals surface area contributed by atoms with Gasteiger partial charge in [0.2, 0.25) is 0 Å². The van der Waals surface area contributed by atoms with Crippen LogP contribution in [0.15, 0.2) is 42.6 Å². The molecule has 0 amide bonds. The van der Waals surface area contributed by atoms with Crippen molar-refractivity contribution in [2.75, 3.05) is 11.9 Å². The minimum absolute atomic E-state index is 0.297. The zero-order valence-electron chi connectivity index (χ0n) is 9.16. The molecular formula is C13H12ClFN2. The Hall–Kier alpha value is -1.61. The lowest BCUT2D eigenvalue weighted by Gasteiger charge is -2.07. The number of nitrogens with one attached hydrogen (secondary N) is 1. The zero-order chi connectivity index (χ0) is 12.1. The van der Waals surface area contributed by atoms with E-state index in [4.69, 9.17) is 11.6 Å². The molecule has 1 aromatic carbocycles. The van der Waals surface area contributed by atoms with Crippen molar-refractivity contribution < 1.29 is 4.39 Å². The summed E-state index contributed by atoms with van der Waals surface area (Å²) in [6.45, 7) is 0.667. The third-order valence-corrected chi connectivity index (χ3v) is 2.68. The van der Waals surface area contributed by atoms with Crippen LogP contribution in [0.25, 0.3) is 0 Å². The molecule has 0 aliphatic rings. The fourth-order valence-electron chi connectivity index (χ4n) is 1.50. The van der Waals surface area contributed by atoms with Gasteiger partial charge in [0.05, 0.1) is 10.7 Å². The molecule has 0 fully saturated rings. The van der Waals surface area contributed by atoms with Crippen molar-refractivity contribution in [2.24, 2.45) is 0 Å². The highest BCUT2D eigenvalue weighted by molar-refractivity contribution is 6.33. The van der Waals surface area contributed by atoms with Gasteiger partial charge in [0, 0.05) is 24.9 Å². The number of anilines is 1. The average molecular weight is 251 g/mol. The summed E-state index contributed by atoms with van der Waals surface area (Å²) < 4.78 is 13.0. The third-order valence-electron chi connectivity index (χ3n) is 2.35. The molecule has 0 aliphatic heterocycles. The van der Waals surface area contributed by atoms with Gasteiger partial charge < -0.3 is 5.32 Å². The maximum atomic E-state index is 13.0. The average Bonchev–Trinajstić information content (AvgIpc) is 2.35. The Balaban J connectivity index is 1.92. The van der Waals surface area contributed by atoms with Gasteiger partial charge in [0.25, 0.3) is 0 Å². The number of pyridine rings is 1. The maximum Gasteiger partial charge on any atom is 0.125 e. The Labute approximate surface area is 104 Å². The molecule has 0 saturated carbocycles. The molecule has 0 radical (unpaired) electrons. The summed E-state index contributed by atoms with van der Waals surface area (Å²) in [5.41, 5.74) is 1.61. The Morgan fingerprint density at radius 3 is 2.88 bits per heavy atom. The summed E-state index contributed by atoms with van der Waals surface area (Å²) in [5.74, 6) is -0.297. The highest BCUT2D eigenvalue weighted by Crippen LogP contribution is 2.22. The summed E-state index contributed by atoms with van der Waals surface area (Å²) >= 11 is 5.93. The van der Waals surface area contributed by atoms with E-state index in [1.54, 1.807) is 12.3 Å². The first-order valence-corrected chi connectivity index (χ1v) is 5.72. The van der Waals surface area contributed by atoms with Gasteiger partial charge in [-0.15, -0.1) is 0 Å². The highest BCUT2D eigenvalue weighted by Gasteiger charge is 2.01. The van der Waals surface area contributed by atoms with Gasteiger partial charge in [-0.2, -0.15) is 0 Å². The number of nitrogens with zero attached hydrogens (tertiary/aromatic N) is 1. The molecule has 0 spiro atoms. The number of rotatable bonds is 4. The molecule has 2 nitrogen and oxygen atoms in total. The maximum absolute atomic E-state index is 13.0. The van der Waals surface area contributed by atoms with Crippen molar-refractivity contribution >= 4 is 17.3 Å². The zero-order valence-corrected chi connectivity index (χ0v) is 9.91. The van der Waals surface area contributed by atoms with E-state index in [0.29, 0.717) is 17.3 Å². The second kappa shape index (κ2) is 5.64. The lowest BCUT2D eigenvalue weighted by Crippen LogP contribution is -2.06. The molecule has 0 unspecified atom stereocenters. The number of aromatic nitrogens is 1. The molecule has 1 heterocycles. The Kier molecular flexibility index (Phi) is 3.94. The van der Waals surface area contributed by atoms with E-state index < -0.39 is 0 Å². The van der Waals surface area contributed by atoms with Gasteiger partial charge in [-0.05, 0) is 30.3 Å². The Bertz CT molecular complexity index is 488. The van der Waals surface area contributed by atoms with Crippen LogP contribution in [0.3, 0.4) is 0 Å². The minimum atomic E-state index is -0.297. The van der Waals surface area contributed by atoms with Crippen molar-refractivity contribution in [1.29, 1.82) is 0 Å². The molecule has 1 aromatic heterocycles. The summed E-state index contributed by atoms with van der Waals surface area (Å²) in [6, 6.07) is 10.0. The van der Waals surface area contributed by atoms with Crippen molar-refractivity contribution in [3.63, 3.8) is 0 Å². The van der Waals surface area contributed by atoms with E-state index in [0.717, 1.165) is 12.1 Å². The molecule has 0 atom stereocenters. The number of benzene rings is 1. The van der Waals surface area contributed by atoms with E-state index in [9.17, 15) is 4.39 Å². The summed E-state index contributed by atoms with van der Waals surface area (Å²) in [7, 11) is 0. The quantitative estimate of drug-likeness (QED) is 0.898. The molecule has 4 heteroatoms. The predicted molar refractivity (Wildman–Crippen MR) is 67.8 cm³/mol. The molecule has 2 rings (SSSR count). The van der Waals surface area contributed by atoms with Crippen LogP contribution in [0, 0.1) is 5.82 Å². The molecule has 17 heavy (non-hydrogen) atoms. The molecular weight excluding hydrogens is 239 g/mol. The molecule has 0 bridgehead atoms. The van der Waals surface area contributed by atoms with E-state index in [2.05, 4.69) is 10.3 Å². The molecule has 2 aromatic rings. The fourth-order valence-corrected chi connectivity index (χ4v) is 1.69. The van der Waals surface area contributed by atoms with Gasteiger partial charge in [0.1, 0.15) is 5.82 Å². The lowest BCUT2D eigenvalue weighted by atomic mass is 10.2. The van der Waals surface area contributed by atoms with Crippen LogP contribution in [-0.2, 0) is 6.42 Å². The van der Waals surface area contributed by atoms with Crippen LogP contribution >= 0.6 is 11.6 Å². The van der Waals surface area contributed by atoms with Crippen molar-refractivity contribution in [2.45, 2.75) is 6.42 Å². The summed E-state index contributed by atoms with van der Waals surface area (Å²) in [5, 5.41) is 3.61. The molecule has 1 N–H and O–H groups in total. The smallest absolute Gasteiger partial charge is 0.125 e. The summed E-state index contributed by atoms with van der Waals surface area (Å²) in [6.07, 6.45) is 2.53. The number of hydrogen-bond donors (Lipinski definition) is 1. The minimum Gasteiger partial charge on any atom is -0.383 e. The first kappa shape index (κ1) is 11.9. The highest BCUT2D eigenvalue weighted by atomic mass is 35.5. The topological polar surface area (TPSA) is 24.9 Å². The van der Waals surface area contributed by atoms with Crippen LogP contribution in [0.5, 0.6) is 0 Å². The van der Waals surface area contributed by atoms with Gasteiger partial charge in [0.15, 0.2) is 0 Å². The Morgan fingerprint density at radius 2 is 2.12 bits per heavy atom. The third kappa shape index (κ3) is 3.43. The second-order valence-corrected chi connectivity index (χ2v) is 4.03. The predicted octanol–water partition coefficient (Wildman–Crippen LogP) is 3.53. The van der Waals surface area contributed by atoms with Crippen LogP contribution < -0.4 is 5.32 Å². The van der Waals surface area contributed by atoms with Gasteiger partial charge >= 0.3 is 0 Å². The monoisotopic (exact) mass is 250 g/mol. The van der Waals surface area contributed by atoms with E-state index in [-0.39, 0.29) is 5.82 Å². The first-order valence-electron chi connectivity index (χ1n) is 5.34. The van der Waals surface area contributed by atoms with Gasteiger partial charge in [-0.1, -0.05) is 17.7 Å². The lowest BCUT2D eigenvalue weighted by molar-refractivity contribution is 0.628. The van der Waals surface area contributed by atoms with E-state index in [1.807, 2.05) is 18.2 Å². The normalized spacial score (nSPS) is 10.2. The van der Waals surface area contributed by atoms with Crippen LogP contribution in [0.2, 0.25) is 5.02 Å². The number of hydrogen-bond acceptors (Lipinski definition) is 2. The first-order chi connectivity index (χ1) is 8.25. The van der Waals surface area contributed by atoms with Crippen LogP contribution in [0.4, 0.5) is 10.1 Å². The fraction of sp³-hybridized carbons (Fsp3) is 0.154. The van der Waals surface area contributed by atoms with Crippen LogP contribution in [0.1, 0.15) is 5.69 Å². The van der Waals surface area contributed by atoms with E-state index >= 15 is 0 Å². The van der Waals surface area contributed by atoms with Crippen molar-refractivity contribution in [3.05, 3.63) is 59.1 Å². The van der Waals surface area contributed by atoms with Crippen LogP contribution in [-0.4, -0.2) is 11.5 Å². The van der Waals surface area contributed by atoms with Crippen molar-refractivity contribution in [3.8, 4) is 0 Å². The number of halogens is 2. The SMILES string of the molecule is Fc1ccc(Cl)c(NCCc2ccccn2)c1.